The topological polar surface area (TPSA) is 59.0 Å². The zero-order valence-corrected chi connectivity index (χ0v) is 17.3. The van der Waals surface area contributed by atoms with Gasteiger partial charge >= 0.3 is 0 Å². The van der Waals surface area contributed by atoms with Crippen LogP contribution in [0, 0.1) is 5.92 Å². The van der Waals surface area contributed by atoms with Gasteiger partial charge in [-0.25, -0.2) is 9.98 Å². The molecule has 0 bridgehead atoms. The highest BCUT2D eigenvalue weighted by atomic mass is 127. The van der Waals surface area contributed by atoms with E-state index in [2.05, 4.69) is 34.2 Å². The van der Waals surface area contributed by atoms with E-state index in [1.807, 2.05) is 0 Å². The summed E-state index contributed by atoms with van der Waals surface area (Å²) in [7, 11) is 2.05. The lowest BCUT2D eigenvalue weighted by Crippen LogP contribution is -2.41. The molecule has 136 valence electrons. The lowest BCUT2D eigenvalue weighted by molar-refractivity contribution is 0.181. The van der Waals surface area contributed by atoms with Crippen LogP contribution in [0.4, 0.5) is 0 Å². The number of aromatic nitrogens is 1. The first kappa shape index (κ1) is 21.2. The second-order valence-corrected chi connectivity index (χ2v) is 5.89. The van der Waals surface area contributed by atoms with Crippen molar-refractivity contribution in [3.05, 3.63) is 23.4 Å². The number of pyridine rings is 1. The fourth-order valence-corrected chi connectivity index (χ4v) is 2.62. The normalized spacial score (nSPS) is 17.3. The van der Waals surface area contributed by atoms with Gasteiger partial charge in [0, 0.05) is 38.9 Å². The summed E-state index contributed by atoms with van der Waals surface area (Å²) in [5, 5.41) is 3.82. The van der Waals surface area contributed by atoms with Crippen LogP contribution in [-0.4, -0.2) is 62.3 Å². The molecule has 0 saturated carbocycles. The quantitative estimate of drug-likeness (QED) is 0.289. The predicted octanol–water partition coefficient (Wildman–Crippen LogP) is 2.67. The van der Waals surface area contributed by atoms with Gasteiger partial charge in [0.1, 0.15) is 11.6 Å². The van der Waals surface area contributed by atoms with E-state index in [9.17, 15) is 0 Å². The SMILES string of the molecule is CCNC(=NCCOc1ncccc1Cl)N(C)CC1CCOC1.I. The second-order valence-electron chi connectivity index (χ2n) is 5.48. The number of guanidine groups is 1. The molecule has 8 heteroatoms. The van der Waals surface area contributed by atoms with Gasteiger partial charge in [-0.3, -0.25) is 0 Å². The minimum atomic E-state index is 0. The molecule has 6 nitrogen and oxygen atoms in total. The Balaban J connectivity index is 0.00000288. The molecule has 0 aliphatic carbocycles. The molecule has 0 radical (unpaired) electrons. The monoisotopic (exact) mass is 468 g/mol. The molecule has 1 atom stereocenters. The van der Waals surface area contributed by atoms with Crippen molar-refractivity contribution in [2.75, 3.05) is 46.5 Å². The fraction of sp³-hybridized carbons (Fsp3) is 0.625. The van der Waals surface area contributed by atoms with Gasteiger partial charge in [0.05, 0.1) is 13.2 Å². The Hall–Kier alpha value is -0.800. The number of aliphatic imine (C=N–C) groups is 1. The number of hydrogen-bond donors (Lipinski definition) is 1. The third-order valence-corrected chi connectivity index (χ3v) is 3.86. The molecule has 0 aromatic carbocycles. The molecule has 1 aromatic heterocycles. The van der Waals surface area contributed by atoms with Crippen LogP contribution in [0.2, 0.25) is 5.02 Å². The summed E-state index contributed by atoms with van der Waals surface area (Å²) in [5.41, 5.74) is 0. The second kappa shape index (κ2) is 11.7. The highest BCUT2D eigenvalue weighted by Gasteiger charge is 2.18. The van der Waals surface area contributed by atoms with Crippen LogP contribution >= 0.6 is 35.6 Å². The van der Waals surface area contributed by atoms with Gasteiger partial charge in [-0.1, -0.05) is 11.6 Å². The minimum absolute atomic E-state index is 0. The van der Waals surface area contributed by atoms with E-state index < -0.39 is 0 Å². The molecule has 0 spiro atoms. The van der Waals surface area contributed by atoms with Gasteiger partial charge < -0.3 is 19.7 Å². The average Bonchev–Trinajstić information content (AvgIpc) is 3.05. The van der Waals surface area contributed by atoms with Gasteiger partial charge in [0.25, 0.3) is 0 Å². The average molecular weight is 469 g/mol. The maximum Gasteiger partial charge on any atom is 0.232 e. The van der Waals surface area contributed by atoms with Crippen molar-refractivity contribution in [3.8, 4) is 5.88 Å². The third kappa shape index (κ3) is 6.98. The molecule has 0 amide bonds. The smallest absolute Gasteiger partial charge is 0.232 e. The molecule has 2 heterocycles. The van der Waals surface area contributed by atoms with E-state index in [0.717, 1.165) is 38.7 Å². The van der Waals surface area contributed by atoms with Crippen molar-refractivity contribution in [2.24, 2.45) is 10.9 Å². The number of hydrogen-bond acceptors (Lipinski definition) is 4. The molecule has 1 aliphatic rings. The van der Waals surface area contributed by atoms with Gasteiger partial charge in [-0.15, -0.1) is 24.0 Å². The zero-order valence-electron chi connectivity index (χ0n) is 14.2. The van der Waals surface area contributed by atoms with E-state index in [1.54, 1.807) is 18.3 Å². The highest BCUT2D eigenvalue weighted by molar-refractivity contribution is 14.0. The van der Waals surface area contributed by atoms with Gasteiger partial charge in [0.2, 0.25) is 5.88 Å². The van der Waals surface area contributed by atoms with Crippen molar-refractivity contribution >= 4 is 41.5 Å². The maximum atomic E-state index is 6.01. The number of nitrogens with zero attached hydrogens (tertiary/aromatic N) is 3. The van der Waals surface area contributed by atoms with Crippen molar-refractivity contribution in [3.63, 3.8) is 0 Å². The summed E-state index contributed by atoms with van der Waals surface area (Å²) in [5.74, 6) is 1.91. The molecule has 2 rings (SSSR count). The Kier molecular flexibility index (Phi) is 10.4. The minimum Gasteiger partial charge on any atom is -0.475 e. The molecule has 1 fully saturated rings. The third-order valence-electron chi connectivity index (χ3n) is 3.57. The van der Waals surface area contributed by atoms with Crippen LogP contribution in [-0.2, 0) is 4.74 Å². The first-order chi connectivity index (χ1) is 11.2. The first-order valence-electron chi connectivity index (χ1n) is 8.01. The van der Waals surface area contributed by atoms with E-state index in [4.69, 9.17) is 21.1 Å². The molecule has 1 N–H and O–H groups in total. The van der Waals surface area contributed by atoms with Crippen molar-refractivity contribution in [1.29, 1.82) is 0 Å². The summed E-state index contributed by atoms with van der Waals surface area (Å²) in [6.45, 7) is 6.52. The fourth-order valence-electron chi connectivity index (χ4n) is 2.44. The molecular weight excluding hydrogens is 443 g/mol. The van der Waals surface area contributed by atoms with E-state index in [0.29, 0.717) is 30.0 Å². The molecule has 1 aliphatic heterocycles. The molecule has 1 aromatic rings. The standard InChI is InChI=1S/C16H25ClN4O2.HI/c1-3-18-16(21(2)11-13-6-9-22-12-13)20-8-10-23-15-14(17)5-4-7-19-15;/h4-5,7,13H,3,6,8-12H2,1-2H3,(H,18,20);1H. The summed E-state index contributed by atoms with van der Waals surface area (Å²) < 4.78 is 11.0. The van der Waals surface area contributed by atoms with Crippen molar-refractivity contribution in [2.45, 2.75) is 13.3 Å². The van der Waals surface area contributed by atoms with Crippen molar-refractivity contribution in [1.82, 2.24) is 15.2 Å². The number of rotatable bonds is 7. The molecular formula is C16H26ClIN4O2. The maximum absolute atomic E-state index is 6.01. The largest absolute Gasteiger partial charge is 0.475 e. The van der Waals surface area contributed by atoms with Crippen LogP contribution in [0.25, 0.3) is 0 Å². The lowest BCUT2D eigenvalue weighted by atomic mass is 10.1. The Morgan fingerprint density at radius 3 is 3.08 bits per heavy atom. The van der Waals surface area contributed by atoms with Crippen LogP contribution in [0.3, 0.4) is 0 Å². The molecule has 1 unspecified atom stereocenters. The summed E-state index contributed by atoms with van der Waals surface area (Å²) in [6.07, 6.45) is 2.77. The number of halogens is 2. The van der Waals surface area contributed by atoms with Crippen LogP contribution in [0.5, 0.6) is 5.88 Å². The Labute approximate surface area is 166 Å². The number of nitrogens with one attached hydrogen (secondary N) is 1. The van der Waals surface area contributed by atoms with E-state index >= 15 is 0 Å². The lowest BCUT2D eigenvalue weighted by Gasteiger charge is -2.24. The van der Waals surface area contributed by atoms with E-state index in [1.165, 1.54) is 0 Å². The van der Waals surface area contributed by atoms with Crippen LogP contribution in [0.15, 0.2) is 23.3 Å². The summed E-state index contributed by atoms with van der Waals surface area (Å²) in [4.78, 5) is 10.8. The van der Waals surface area contributed by atoms with Crippen LogP contribution < -0.4 is 10.1 Å². The molecule has 24 heavy (non-hydrogen) atoms. The molecule has 1 saturated heterocycles. The van der Waals surface area contributed by atoms with Gasteiger partial charge in [-0.2, -0.15) is 0 Å². The first-order valence-corrected chi connectivity index (χ1v) is 8.39. The summed E-state index contributed by atoms with van der Waals surface area (Å²) >= 11 is 6.01. The Morgan fingerprint density at radius 2 is 2.42 bits per heavy atom. The van der Waals surface area contributed by atoms with Gasteiger partial charge in [0.15, 0.2) is 5.96 Å². The van der Waals surface area contributed by atoms with Crippen LogP contribution in [0.1, 0.15) is 13.3 Å². The van der Waals surface area contributed by atoms with Crippen molar-refractivity contribution < 1.29 is 9.47 Å². The highest BCUT2D eigenvalue weighted by Crippen LogP contribution is 2.19. The Morgan fingerprint density at radius 1 is 1.58 bits per heavy atom. The Bertz CT molecular complexity index is 513. The van der Waals surface area contributed by atoms with Gasteiger partial charge in [-0.05, 0) is 25.5 Å². The zero-order chi connectivity index (χ0) is 16.5. The predicted molar refractivity (Wildman–Crippen MR) is 108 cm³/mol. The summed E-state index contributed by atoms with van der Waals surface area (Å²) in [6, 6.07) is 3.53. The van der Waals surface area contributed by atoms with E-state index in [-0.39, 0.29) is 24.0 Å². The number of ether oxygens (including phenoxy) is 2.